The van der Waals surface area contributed by atoms with Gasteiger partial charge in [-0.15, -0.1) is 0 Å². The summed E-state index contributed by atoms with van der Waals surface area (Å²) < 4.78 is 5.75. The van der Waals surface area contributed by atoms with Gasteiger partial charge in [0.25, 0.3) is 0 Å². The van der Waals surface area contributed by atoms with E-state index in [2.05, 4.69) is 50.8 Å². The van der Waals surface area contributed by atoms with Crippen molar-refractivity contribution in [3.63, 3.8) is 0 Å². The number of para-hydroxylation sites is 1. The summed E-state index contributed by atoms with van der Waals surface area (Å²) in [4.78, 5) is 14.4. The van der Waals surface area contributed by atoms with Crippen molar-refractivity contribution in [3.05, 3.63) is 29.3 Å². The molecule has 2 fully saturated rings. The van der Waals surface area contributed by atoms with Crippen LogP contribution in [-0.4, -0.2) is 17.7 Å². The van der Waals surface area contributed by atoms with E-state index >= 15 is 0 Å². The van der Waals surface area contributed by atoms with E-state index in [0.29, 0.717) is 17.8 Å². The number of aryl methyl sites for hydroxylation is 1. The van der Waals surface area contributed by atoms with E-state index in [-0.39, 0.29) is 12.0 Å². The predicted octanol–water partition coefficient (Wildman–Crippen LogP) is 2.83. The van der Waals surface area contributed by atoms with Crippen molar-refractivity contribution < 1.29 is 9.53 Å². The maximum Gasteiger partial charge on any atom is 0.331 e. The number of anilines is 1. The first-order valence-corrected chi connectivity index (χ1v) is 7.08. The minimum Gasteiger partial charge on any atom is -0.437 e. The van der Waals surface area contributed by atoms with E-state index in [1.807, 2.05) is 0 Å². The third-order valence-electron chi connectivity index (χ3n) is 5.53. The molecule has 0 radical (unpaired) electrons. The van der Waals surface area contributed by atoms with Gasteiger partial charge >= 0.3 is 5.97 Å². The van der Waals surface area contributed by atoms with Gasteiger partial charge < -0.3 is 9.64 Å². The Morgan fingerprint density at radius 3 is 2.79 bits per heavy atom. The summed E-state index contributed by atoms with van der Waals surface area (Å²) in [5, 5.41) is 0. The molecule has 0 amide bonds. The van der Waals surface area contributed by atoms with Crippen molar-refractivity contribution in [1.82, 2.24) is 0 Å². The molecule has 3 heterocycles. The lowest BCUT2D eigenvalue weighted by molar-refractivity contribution is -0.161. The molecule has 3 nitrogen and oxygen atoms in total. The van der Waals surface area contributed by atoms with Gasteiger partial charge in [-0.3, -0.25) is 0 Å². The summed E-state index contributed by atoms with van der Waals surface area (Å²) in [5.74, 6) is 1.14. The van der Waals surface area contributed by atoms with E-state index in [4.69, 9.17) is 4.74 Å². The summed E-state index contributed by atoms with van der Waals surface area (Å²) in [6.45, 7) is 8.69. The number of esters is 1. The minimum absolute atomic E-state index is 0.0467. The number of carbonyl (C=O) groups excluding carboxylic acids is 1. The van der Waals surface area contributed by atoms with Crippen LogP contribution in [-0.2, 0) is 9.53 Å². The van der Waals surface area contributed by atoms with Crippen LogP contribution in [0.15, 0.2) is 18.2 Å². The summed E-state index contributed by atoms with van der Waals surface area (Å²) in [6, 6.07) is 6.35. The topological polar surface area (TPSA) is 29.5 Å². The highest BCUT2D eigenvalue weighted by atomic mass is 16.6. The molecule has 3 aliphatic rings. The van der Waals surface area contributed by atoms with Crippen LogP contribution in [0.3, 0.4) is 0 Å². The van der Waals surface area contributed by atoms with Crippen LogP contribution in [0.1, 0.15) is 37.8 Å². The SMILES string of the molecule is Cc1cccc2c1N1[C@@H]3C(=O)O[C@@]1(C)[C@@H]([C@H]3C)[C@H]2C. The summed E-state index contributed by atoms with van der Waals surface area (Å²) in [5.41, 5.74) is 3.40. The number of nitrogens with zero attached hydrogens (tertiary/aromatic N) is 1. The van der Waals surface area contributed by atoms with Crippen molar-refractivity contribution in [2.45, 2.75) is 45.4 Å². The van der Waals surface area contributed by atoms with Gasteiger partial charge in [0.1, 0.15) is 6.04 Å². The lowest BCUT2D eigenvalue weighted by atomic mass is 9.72. The van der Waals surface area contributed by atoms with Crippen LogP contribution in [0.5, 0.6) is 0 Å². The lowest BCUT2D eigenvalue weighted by Crippen LogP contribution is -2.50. The van der Waals surface area contributed by atoms with Crippen LogP contribution in [0.2, 0.25) is 0 Å². The molecule has 4 bridgehead atoms. The van der Waals surface area contributed by atoms with Crippen molar-refractivity contribution in [1.29, 1.82) is 0 Å². The Labute approximate surface area is 113 Å². The van der Waals surface area contributed by atoms with Gasteiger partial charge in [0.15, 0.2) is 5.72 Å². The number of rotatable bonds is 0. The molecule has 1 aromatic rings. The summed E-state index contributed by atoms with van der Waals surface area (Å²) in [6.07, 6.45) is 0. The van der Waals surface area contributed by atoms with Gasteiger partial charge in [-0.2, -0.15) is 0 Å². The fraction of sp³-hybridized carbons (Fsp3) is 0.562. The lowest BCUT2D eigenvalue weighted by Gasteiger charge is -2.45. The number of hydrogen-bond donors (Lipinski definition) is 0. The second-order valence-corrected chi connectivity index (χ2v) is 6.48. The monoisotopic (exact) mass is 257 g/mol. The largest absolute Gasteiger partial charge is 0.437 e. The van der Waals surface area contributed by atoms with Gasteiger partial charge in [-0.05, 0) is 36.8 Å². The van der Waals surface area contributed by atoms with Crippen LogP contribution in [0.4, 0.5) is 5.69 Å². The molecule has 3 heteroatoms. The molecular formula is C16H19NO2. The predicted molar refractivity (Wildman–Crippen MR) is 73.0 cm³/mol. The molecule has 1 aromatic carbocycles. The zero-order valence-electron chi connectivity index (χ0n) is 11.8. The van der Waals surface area contributed by atoms with Gasteiger partial charge in [-0.25, -0.2) is 4.79 Å². The zero-order valence-corrected chi connectivity index (χ0v) is 11.8. The fourth-order valence-electron chi connectivity index (χ4n) is 4.91. The maximum atomic E-state index is 12.2. The van der Waals surface area contributed by atoms with Gasteiger partial charge in [0.05, 0.1) is 0 Å². The molecule has 3 aliphatic heterocycles. The molecular weight excluding hydrogens is 238 g/mol. The highest BCUT2D eigenvalue weighted by Gasteiger charge is 2.69. The number of ether oxygens (including phenoxy) is 1. The van der Waals surface area contributed by atoms with E-state index < -0.39 is 5.72 Å². The summed E-state index contributed by atoms with van der Waals surface area (Å²) >= 11 is 0. The summed E-state index contributed by atoms with van der Waals surface area (Å²) in [7, 11) is 0. The first-order chi connectivity index (χ1) is 8.97. The molecule has 0 aromatic heterocycles. The number of hydrogen-bond acceptors (Lipinski definition) is 3. The zero-order chi connectivity index (χ0) is 13.5. The Morgan fingerprint density at radius 1 is 1.32 bits per heavy atom. The average Bonchev–Trinajstić information content (AvgIpc) is 2.67. The quantitative estimate of drug-likeness (QED) is 0.669. The molecule has 19 heavy (non-hydrogen) atoms. The smallest absolute Gasteiger partial charge is 0.331 e. The van der Waals surface area contributed by atoms with Crippen LogP contribution in [0.25, 0.3) is 0 Å². The second-order valence-electron chi connectivity index (χ2n) is 6.48. The number of fused-ring (bicyclic) bond motifs is 1. The second kappa shape index (κ2) is 3.14. The Hall–Kier alpha value is -1.51. The third kappa shape index (κ3) is 1.05. The molecule has 0 N–H and O–H groups in total. The third-order valence-corrected chi connectivity index (χ3v) is 5.53. The average molecular weight is 257 g/mol. The molecule has 5 atom stereocenters. The molecule has 0 unspecified atom stereocenters. The fourth-order valence-corrected chi connectivity index (χ4v) is 4.91. The van der Waals surface area contributed by atoms with Crippen molar-refractivity contribution in [2.24, 2.45) is 11.8 Å². The van der Waals surface area contributed by atoms with E-state index in [1.165, 1.54) is 16.8 Å². The molecule has 4 rings (SSSR count). The van der Waals surface area contributed by atoms with Gasteiger partial charge in [0, 0.05) is 11.6 Å². The van der Waals surface area contributed by atoms with Gasteiger partial charge in [0.2, 0.25) is 0 Å². The Bertz CT molecular complexity index is 596. The normalized spacial score (nSPS) is 42.3. The molecule has 0 spiro atoms. The standard InChI is InChI=1S/C16H19NO2/c1-8-6-5-7-11-9(2)12-10(3)14-15(18)19-16(12,4)17(14)13(8)11/h5-7,9-10,12,14H,1-4H3/t9-,10+,12+,14-,16-/m0/s1. The molecule has 100 valence electrons. The Kier molecular flexibility index (Phi) is 1.87. The van der Waals surface area contributed by atoms with E-state index in [0.717, 1.165) is 0 Å². The highest BCUT2D eigenvalue weighted by molar-refractivity contribution is 5.89. The number of carbonyl (C=O) groups is 1. The van der Waals surface area contributed by atoms with Crippen molar-refractivity contribution >= 4 is 11.7 Å². The molecule has 0 saturated carbocycles. The van der Waals surface area contributed by atoms with Crippen LogP contribution in [0, 0.1) is 18.8 Å². The van der Waals surface area contributed by atoms with Crippen molar-refractivity contribution in [2.75, 3.05) is 4.90 Å². The highest BCUT2D eigenvalue weighted by Crippen LogP contribution is 2.61. The van der Waals surface area contributed by atoms with E-state index in [1.54, 1.807) is 0 Å². The van der Waals surface area contributed by atoms with Crippen LogP contribution >= 0.6 is 0 Å². The van der Waals surface area contributed by atoms with Gasteiger partial charge in [-0.1, -0.05) is 32.0 Å². The maximum absolute atomic E-state index is 12.2. The first-order valence-electron chi connectivity index (χ1n) is 7.08. The molecule has 0 aliphatic carbocycles. The first kappa shape index (κ1) is 11.3. The molecule has 2 saturated heterocycles. The Morgan fingerprint density at radius 2 is 2.05 bits per heavy atom. The van der Waals surface area contributed by atoms with E-state index in [9.17, 15) is 4.79 Å². The Balaban J connectivity index is 2.04. The number of benzene rings is 1. The van der Waals surface area contributed by atoms with Crippen molar-refractivity contribution in [3.8, 4) is 0 Å². The minimum atomic E-state index is -0.445. The van der Waals surface area contributed by atoms with Crippen LogP contribution < -0.4 is 4.90 Å².